The maximum absolute atomic E-state index is 12.2. The minimum Gasteiger partial charge on any atom is -0.380 e. The van der Waals surface area contributed by atoms with E-state index in [-0.39, 0.29) is 10.6 Å². The van der Waals surface area contributed by atoms with Crippen LogP contribution in [-0.2, 0) is 4.74 Å². The van der Waals surface area contributed by atoms with Gasteiger partial charge in [0.15, 0.2) is 5.82 Å². The summed E-state index contributed by atoms with van der Waals surface area (Å²) < 4.78 is 5.36. The van der Waals surface area contributed by atoms with E-state index in [0.717, 1.165) is 44.7 Å². The van der Waals surface area contributed by atoms with E-state index in [4.69, 9.17) is 16.3 Å². The van der Waals surface area contributed by atoms with E-state index >= 15 is 0 Å². The van der Waals surface area contributed by atoms with Crippen LogP contribution in [0.25, 0.3) is 11.4 Å². The molecular formula is C16H17ClN4O2. The lowest BCUT2D eigenvalue weighted by molar-refractivity contribution is -0.124. The average molecular weight is 333 g/mol. The monoisotopic (exact) mass is 332 g/mol. The predicted octanol–water partition coefficient (Wildman–Crippen LogP) is 2.10. The van der Waals surface area contributed by atoms with Crippen molar-refractivity contribution >= 4 is 17.4 Å². The topological polar surface area (TPSA) is 71.1 Å². The van der Waals surface area contributed by atoms with Crippen LogP contribution in [0.15, 0.2) is 29.3 Å². The van der Waals surface area contributed by atoms with Gasteiger partial charge in [0.05, 0.1) is 13.2 Å². The average Bonchev–Trinajstić information content (AvgIpc) is 2.57. The highest BCUT2D eigenvalue weighted by molar-refractivity contribution is 6.32. The highest BCUT2D eigenvalue weighted by Crippen LogP contribution is 2.40. The van der Waals surface area contributed by atoms with Crippen molar-refractivity contribution in [1.29, 1.82) is 0 Å². The Bertz CT molecular complexity index is 763. The second-order valence-corrected chi connectivity index (χ2v) is 6.65. The molecule has 4 heterocycles. The largest absolute Gasteiger partial charge is 0.380 e. The smallest absolute Gasteiger partial charge is 0.272 e. The normalized spacial score (nSPS) is 19.6. The Morgan fingerprint density at radius 1 is 1.22 bits per heavy atom. The zero-order chi connectivity index (χ0) is 15.9. The molecule has 7 heteroatoms. The van der Waals surface area contributed by atoms with Crippen molar-refractivity contribution in [3.63, 3.8) is 0 Å². The van der Waals surface area contributed by atoms with E-state index in [9.17, 15) is 4.79 Å². The molecule has 0 atom stereocenters. The Morgan fingerprint density at radius 2 is 1.91 bits per heavy atom. The second-order valence-electron chi connectivity index (χ2n) is 6.27. The van der Waals surface area contributed by atoms with E-state index in [2.05, 4.69) is 19.9 Å². The van der Waals surface area contributed by atoms with E-state index < -0.39 is 0 Å². The molecule has 2 saturated heterocycles. The van der Waals surface area contributed by atoms with E-state index in [0.29, 0.717) is 17.1 Å². The van der Waals surface area contributed by atoms with Gasteiger partial charge in [0, 0.05) is 36.5 Å². The molecule has 6 nitrogen and oxygen atoms in total. The third kappa shape index (κ3) is 2.62. The zero-order valence-electron chi connectivity index (χ0n) is 12.6. The number of nitrogens with zero attached hydrogens (tertiary/aromatic N) is 3. The first-order chi connectivity index (χ1) is 11.2. The number of hydrogen-bond acceptors (Lipinski definition) is 5. The molecule has 0 bridgehead atoms. The lowest BCUT2D eigenvalue weighted by Crippen LogP contribution is -2.51. The molecule has 0 radical (unpaired) electrons. The lowest BCUT2D eigenvalue weighted by atomic mass is 9.77. The maximum Gasteiger partial charge on any atom is 0.272 e. The van der Waals surface area contributed by atoms with Crippen molar-refractivity contribution in [2.75, 3.05) is 31.2 Å². The number of pyridine rings is 1. The third-order valence-electron chi connectivity index (χ3n) is 4.74. The second kappa shape index (κ2) is 5.62. The summed E-state index contributed by atoms with van der Waals surface area (Å²) in [5.41, 5.74) is 0.838. The minimum atomic E-state index is -0.309. The number of aromatic amines is 1. The fourth-order valence-corrected chi connectivity index (χ4v) is 3.38. The standard InChI is InChI=1S/C16H17ClN4O2/c17-12-14(21-7-3-16(4-8-21)9-23-10-16)19-13(20-15(12)22)11-1-5-18-6-2-11/h1-2,5-6H,3-4,7-10H2,(H,19,20,22). The van der Waals surface area contributed by atoms with Crippen LogP contribution in [0.3, 0.4) is 0 Å². The Morgan fingerprint density at radius 3 is 2.52 bits per heavy atom. The first-order valence-electron chi connectivity index (χ1n) is 7.70. The van der Waals surface area contributed by atoms with Gasteiger partial charge in [-0.3, -0.25) is 9.78 Å². The maximum atomic E-state index is 12.2. The van der Waals surface area contributed by atoms with Gasteiger partial charge in [0.2, 0.25) is 0 Å². The molecule has 0 amide bonds. The summed E-state index contributed by atoms with van der Waals surface area (Å²) in [6.07, 6.45) is 5.43. The van der Waals surface area contributed by atoms with Crippen LogP contribution < -0.4 is 10.5 Å². The molecule has 2 aliphatic heterocycles. The number of rotatable bonds is 2. The SMILES string of the molecule is O=c1[nH]c(-c2ccncc2)nc(N2CCC3(CC2)COC3)c1Cl. The number of ether oxygens (including phenoxy) is 1. The fourth-order valence-electron chi connectivity index (χ4n) is 3.18. The Hall–Kier alpha value is -1.92. The number of halogens is 1. The summed E-state index contributed by atoms with van der Waals surface area (Å²) in [6.45, 7) is 3.38. The van der Waals surface area contributed by atoms with Gasteiger partial charge < -0.3 is 14.6 Å². The summed E-state index contributed by atoms with van der Waals surface area (Å²) in [5.74, 6) is 1.08. The van der Waals surface area contributed by atoms with Crippen molar-refractivity contribution in [3.8, 4) is 11.4 Å². The number of piperidine rings is 1. The summed E-state index contributed by atoms with van der Waals surface area (Å²) in [7, 11) is 0. The van der Waals surface area contributed by atoms with E-state index in [1.54, 1.807) is 12.4 Å². The molecule has 2 fully saturated rings. The van der Waals surface area contributed by atoms with Crippen molar-refractivity contribution < 1.29 is 4.74 Å². The Labute approximate surface area is 138 Å². The van der Waals surface area contributed by atoms with Crippen LogP contribution in [0, 0.1) is 5.41 Å². The van der Waals surface area contributed by atoms with E-state index in [1.165, 1.54) is 0 Å². The van der Waals surface area contributed by atoms with Crippen molar-refractivity contribution in [1.82, 2.24) is 15.0 Å². The molecule has 2 aliphatic rings. The predicted molar refractivity (Wildman–Crippen MR) is 87.8 cm³/mol. The molecule has 4 rings (SSSR count). The van der Waals surface area contributed by atoms with Gasteiger partial charge in [0.1, 0.15) is 10.8 Å². The van der Waals surface area contributed by atoms with Gasteiger partial charge in [-0.05, 0) is 25.0 Å². The number of anilines is 1. The molecule has 2 aromatic heterocycles. The van der Waals surface area contributed by atoms with Gasteiger partial charge in [0.25, 0.3) is 5.56 Å². The highest BCUT2D eigenvalue weighted by atomic mass is 35.5. The fraction of sp³-hybridized carbons (Fsp3) is 0.438. The van der Waals surface area contributed by atoms with Crippen LogP contribution in [-0.4, -0.2) is 41.3 Å². The number of H-pyrrole nitrogens is 1. The summed E-state index contributed by atoms with van der Waals surface area (Å²) in [4.78, 5) is 25.6. The quantitative estimate of drug-likeness (QED) is 0.912. The molecule has 0 saturated carbocycles. The molecule has 0 unspecified atom stereocenters. The molecule has 2 aromatic rings. The molecule has 120 valence electrons. The van der Waals surface area contributed by atoms with Gasteiger partial charge in [-0.1, -0.05) is 11.6 Å². The van der Waals surface area contributed by atoms with Crippen LogP contribution in [0.1, 0.15) is 12.8 Å². The van der Waals surface area contributed by atoms with Gasteiger partial charge in [-0.15, -0.1) is 0 Å². The summed E-state index contributed by atoms with van der Waals surface area (Å²) >= 11 is 6.22. The molecule has 1 spiro atoms. The summed E-state index contributed by atoms with van der Waals surface area (Å²) in [6, 6.07) is 3.62. The van der Waals surface area contributed by atoms with Crippen LogP contribution in [0.2, 0.25) is 5.02 Å². The number of nitrogens with one attached hydrogen (secondary N) is 1. The zero-order valence-corrected chi connectivity index (χ0v) is 13.3. The number of hydrogen-bond donors (Lipinski definition) is 1. The summed E-state index contributed by atoms with van der Waals surface area (Å²) in [5, 5.41) is 0.156. The van der Waals surface area contributed by atoms with Crippen LogP contribution in [0.4, 0.5) is 5.82 Å². The van der Waals surface area contributed by atoms with Crippen LogP contribution in [0.5, 0.6) is 0 Å². The van der Waals surface area contributed by atoms with Gasteiger partial charge in [-0.2, -0.15) is 0 Å². The molecule has 0 aromatic carbocycles. The van der Waals surface area contributed by atoms with Crippen molar-refractivity contribution in [2.24, 2.45) is 5.41 Å². The Kier molecular flexibility index (Phi) is 3.58. The molecule has 23 heavy (non-hydrogen) atoms. The first-order valence-corrected chi connectivity index (χ1v) is 8.08. The highest BCUT2D eigenvalue weighted by Gasteiger charge is 2.41. The molecule has 0 aliphatic carbocycles. The molecule has 1 N–H and O–H groups in total. The van der Waals surface area contributed by atoms with Gasteiger partial charge >= 0.3 is 0 Å². The Balaban J connectivity index is 1.66. The van der Waals surface area contributed by atoms with E-state index in [1.807, 2.05) is 12.1 Å². The van der Waals surface area contributed by atoms with Crippen molar-refractivity contribution in [2.45, 2.75) is 12.8 Å². The van der Waals surface area contributed by atoms with Crippen molar-refractivity contribution in [3.05, 3.63) is 39.9 Å². The number of aromatic nitrogens is 3. The third-order valence-corrected chi connectivity index (χ3v) is 5.08. The van der Waals surface area contributed by atoms with Gasteiger partial charge in [-0.25, -0.2) is 4.98 Å². The van der Waals surface area contributed by atoms with Crippen LogP contribution >= 0.6 is 11.6 Å². The lowest BCUT2D eigenvalue weighted by Gasteiger charge is -2.47. The first kappa shape index (κ1) is 14.7. The molecular weight excluding hydrogens is 316 g/mol. The minimum absolute atomic E-state index is 0.156.